The summed E-state index contributed by atoms with van der Waals surface area (Å²) in [5, 5.41) is 2.91. The zero-order valence-electron chi connectivity index (χ0n) is 23.3. The molecule has 0 spiro atoms. The molecule has 2 aromatic carbocycles. The molecule has 0 heterocycles. The van der Waals surface area contributed by atoms with E-state index in [-0.39, 0.29) is 43.8 Å². The molecule has 2 rings (SSSR count). The number of nitrogens with zero attached hydrogens (tertiary/aromatic N) is 2. The van der Waals surface area contributed by atoms with Crippen LogP contribution < -0.4 is 19.1 Å². The molecule has 0 radical (unpaired) electrons. The fourth-order valence-corrected chi connectivity index (χ4v) is 5.11. The lowest BCUT2D eigenvalue weighted by atomic mass is 10.1. The van der Waals surface area contributed by atoms with Crippen LogP contribution in [0.2, 0.25) is 0 Å². The molecule has 38 heavy (non-hydrogen) atoms. The van der Waals surface area contributed by atoms with E-state index in [1.807, 2.05) is 52.0 Å². The van der Waals surface area contributed by atoms with Crippen LogP contribution in [-0.2, 0) is 26.2 Å². The summed E-state index contributed by atoms with van der Waals surface area (Å²) in [6.07, 6.45) is 1.95. The van der Waals surface area contributed by atoms with Gasteiger partial charge in [0.05, 0.1) is 25.7 Å². The lowest BCUT2D eigenvalue weighted by Crippen LogP contribution is -2.50. The Labute approximate surface area is 227 Å². The highest BCUT2D eigenvalue weighted by molar-refractivity contribution is 7.92. The van der Waals surface area contributed by atoms with E-state index >= 15 is 0 Å². The number of benzene rings is 2. The molecule has 1 N–H and O–H groups in total. The third-order valence-corrected chi connectivity index (χ3v) is 7.09. The molecule has 0 bridgehead atoms. The second-order valence-corrected chi connectivity index (χ2v) is 11.2. The molecular formula is C28H41N3O6S. The minimum absolute atomic E-state index is 0.0669. The summed E-state index contributed by atoms with van der Waals surface area (Å²) < 4.78 is 37.1. The minimum Gasteiger partial charge on any atom is -0.497 e. The molecule has 0 aromatic heterocycles. The van der Waals surface area contributed by atoms with Crippen molar-refractivity contribution in [2.75, 3.05) is 30.8 Å². The van der Waals surface area contributed by atoms with Gasteiger partial charge in [0.25, 0.3) is 0 Å². The highest BCUT2D eigenvalue weighted by Crippen LogP contribution is 2.23. The van der Waals surface area contributed by atoms with E-state index in [0.29, 0.717) is 30.2 Å². The van der Waals surface area contributed by atoms with E-state index in [4.69, 9.17) is 9.47 Å². The van der Waals surface area contributed by atoms with E-state index in [1.165, 1.54) is 4.31 Å². The van der Waals surface area contributed by atoms with Gasteiger partial charge in [-0.1, -0.05) is 19.1 Å². The number of anilines is 1. The first-order valence-electron chi connectivity index (χ1n) is 12.9. The van der Waals surface area contributed by atoms with Crippen LogP contribution >= 0.6 is 0 Å². The van der Waals surface area contributed by atoms with E-state index in [0.717, 1.165) is 11.8 Å². The van der Waals surface area contributed by atoms with Crippen LogP contribution in [0.3, 0.4) is 0 Å². The van der Waals surface area contributed by atoms with Crippen molar-refractivity contribution in [1.29, 1.82) is 0 Å². The normalized spacial score (nSPS) is 12.1. The number of hydrogen-bond acceptors (Lipinski definition) is 6. The predicted octanol–water partition coefficient (Wildman–Crippen LogP) is 3.97. The van der Waals surface area contributed by atoms with E-state index in [9.17, 15) is 18.0 Å². The molecule has 0 fully saturated rings. The Morgan fingerprint density at radius 3 is 2.26 bits per heavy atom. The van der Waals surface area contributed by atoms with Crippen LogP contribution in [0.15, 0.2) is 48.5 Å². The standard InChI is InChI=1S/C28H41N3O6S/c1-7-26(28(33)29-21(3)4)30(20-22-11-9-12-25(19-22)36-5)27(32)13-10-18-31(38(6,34)35)23-14-16-24(17-15-23)37-8-2/h9,11-12,14-17,19,21,26H,7-8,10,13,18,20H2,1-6H3,(H,29,33)/t26-/m0/s1. The molecule has 0 saturated heterocycles. The first-order chi connectivity index (χ1) is 18.0. The highest BCUT2D eigenvalue weighted by atomic mass is 32.2. The Morgan fingerprint density at radius 1 is 1.03 bits per heavy atom. The Hall–Kier alpha value is -3.27. The Balaban J connectivity index is 2.22. The third-order valence-electron chi connectivity index (χ3n) is 5.89. The third kappa shape index (κ3) is 9.24. The number of nitrogens with one attached hydrogen (secondary N) is 1. The van der Waals surface area contributed by atoms with Gasteiger partial charge in [-0.15, -0.1) is 0 Å². The van der Waals surface area contributed by atoms with Gasteiger partial charge in [-0.3, -0.25) is 13.9 Å². The number of hydrogen-bond donors (Lipinski definition) is 1. The summed E-state index contributed by atoms with van der Waals surface area (Å²) in [6, 6.07) is 13.5. The van der Waals surface area contributed by atoms with Crippen molar-refractivity contribution in [3.05, 3.63) is 54.1 Å². The van der Waals surface area contributed by atoms with Gasteiger partial charge in [0.1, 0.15) is 17.5 Å². The first-order valence-corrected chi connectivity index (χ1v) is 14.8. The molecule has 9 nitrogen and oxygen atoms in total. The quantitative estimate of drug-likeness (QED) is 0.362. The number of ether oxygens (including phenoxy) is 2. The smallest absolute Gasteiger partial charge is 0.243 e. The maximum atomic E-state index is 13.5. The minimum atomic E-state index is -3.58. The number of rotatable bonds is 15. The number of carbonyl (C=O) groups excluding carboxylic acids is 2. The predicted molar refractivity (Wildman–Crippen MR) is 150 cm³/mol. The molecule has 2 amide bonds. The van der Waals surface area contributed by atoms with Crippen molar-refractivity contribution in [2.45, 2.75) is 65.6 Å². The second kappa shape index (κ2) is 14.6. The Kier molecular flexibility index (Phi) is 11.9. The topological polar surface area (TPSA) is 105 Å². The summed E-state index contributed by atoms with van der Waals surface area (Å²) in [6.45, 7) is 8.36. The maximum Gasteiger partial charge on any atom is 0.243 e. The fraction of sp³-hybridized carbons (Fsp3) is 0.500. The van der Waals surface area contributed by atoms with Crippen LogP contribution in [-0.4, -0.2) is 63.7 Å². The van der Waals surface area contributed by atoms with Crippen molar-refractivity contribution < 1.29 is 27.5 Å². The number of carbonyl (C=O) groups is 2. The summed E-state index contributed by atoms with van der Waals surface area (Å²) >= 11 is 0. The van der Waals surface area contributed by atoms with Crippen LogP contribution in [0.25, 0.3) is 0 Å². The zero-order chi connectivity index (χ0) is 28.3. The molecule has 1 atom stereocenters. The van der Waals surface area contributed by atoms with Crippen LogP contribution in [0.5, 0.6) is 11.5 Å². The molecule has 0 saturated carbocycles. The van der Waals surface area contributed by atoms with Gasteiger partial charge in [0, 0.05) is 25.6 Å². The van der Waals surface area contributed by atoms with Crippen molar-refractivity contribution >= 4 is 27.5 Å². The molecule has 2 aromatic rings. The Morgan fingerprint density at radius 2 is 1.71 bits per heavy atom. The van der Waals surface area contributed by atoms with Crippen LogP contribution in [0.4, 0.5) is 5.69 Å². The van der Waals surface area contributed by atoms with Crippen molar-refractivity contribution in [3.8, 4) is 11.5 Å². The van der Waals surface area contributed by atoms with Crippen molar-refractivity contribution in [3.63, 3.8) is 0 Å². The molecule has 210 valence electrons. The Bertz CT molecular complexity index is 1150. The summed E-state index contributed by atoms with van der Waals surface area (Å²) in [7, 11) is -2.00. The number of sulfonamides is 1. The van der Waals surface area contributed by atoms with Gasteiger partial charge in [0.2, 0.25) is 21.8 Å². The zero-order valence-corrected chi connectivity index (χ0v) is 24.1. The average Bonchev–Trinajstić information content (AvgIpc) is 2.86. The molecule has 0 aliphatic carbocycles. The molecule has 0 aliphatic rings. The van der Waals surface area contributed by atoms with Crippen molar-refractivity contribution in [2.24, 2.45) is 0 Å². The lowest BCUT2D eigenvalue weighted by Gasteiger charge is -2.31. The summed E-state index contributed by atoms with van der Waals surface area (Å²) in [5.41, 5.74) is 1.33. The van der Waals surface area contributed by atoms with E-state index < -0.39 is 16.1 Å². The average molecular weight is 548 g/mol. The monoisotopic (exact) mass is 547 g/mol. The van der Waals surface area contributed by atoms with Crippen LogP contribution in [0.1, 0.15) is 52.5 Å². The van der Waals surface area contributed by atoms with Gasteiger partial charge < -0.3 is 19.7 Å². The van der Waals surface area contributed by atoms with Gasteiger partial charge in [-0.05, 0) is 75.6 Å². The van der Waals surface area contributed by atoms with Gasteiger partial charge in [-0.2, -0.15) is 0 Å². The van der Waals surface area contributed by atoms with E-state index in [1.54, 1.807) is 36.3 Å². The van der Waals surface area contributed by atoms with E-state index in [2.05, 4.69) is 5.32 Å². The van der Waals surface area contributed by atoms with Gasteiger partial charge in [-0.25, -0.2) is 8.42 Å². The summed E-state index contributed by atoms with van der Waals surface area (Å²) in [4.78, 5) is 28.1. The second-order valence-electron chi connectivity index (χ2n) is 9.33. The number of methoxy groups -OCH3 is 1. The molecule has 0 unspecified atom stereocenters. The van der Waals surface area contributed by atoms with Crippen molar-refractivity contribution in [1.82, 2.24) is 10.2 Å². The van der Waals surface area contributed by atoms with Gasteiger partial charge in [0.15, 0.2) is 0 Å². The summed E-state index contributed by atoms with van der Waals surface area (Å²) in [5.74, 6) is 0.872. The first kappa shape index (κ1) is 31.0. The molecule has 0 aliphatic heterocycles. The molecule has 10 heteroatoms. The highest BCUT2D eigenvalue weighted by Gasteiger charge is 2.29. The maximum absolute atomic E-state index is 13.5. The molecular weight excluding hydrogens is 506 g/mol. The lowest BCUT2D eigenvalue weighted by molar-refractivity contribution is -0.141. The van der Waals surface area contributed by atoms with Crippen LogP contribution in [0, 0.1) is 0 Å². The fourth-order valence-electron chi connectivity index (χ4n) is 4.15. The SMILES string of the molecule is CCOc1ccc(N(CCCC(=O)N(Cc2cccc(OC)c2)[C@@H](CC)C(=O)NC(C)C)S(C)(=O)=O)cc1. The number of amides is 2. The van der Waals surface area contributed by atoms with Gasteiger partial charge >= 0.3 is 0 Å². The largest absolute Gasteiger partial charge is 0.497 e.